The maximum atomic E-state index is 13.1. The number of para-hydroxylation sites is 1. The molecule has 0 radical (unpaired) electrons. The zero-order valence-electron chi connectivity index (χ0n) is 24.2. The van der Waals surface area contributed by atoms with Gasteiger partial charge < -0.3 is 24.6 Å². The van der Waals surface area contributed by atoms with Crippen LogP contribution in [-0.4, -0.2) is 109 Å². The van der Waals surface area contributed by atoms with Crippen molar-refractivity contribution in [2.24, 2.45) is 5.92 Å². The predicted octanol–water partition coefficient (Wildman–Crippen LogP) is 1.85. The fourth-order valence-electron chi connectivity index (χ4n) is 6.91. The van der Waals surface area contributed by atoms with E-state index in [2.05, 4.69) is 15.1 Å². The lowest BCUT2D eigenvalue weighted by Gasteiger charge is -2.41. The first-order valence-electron chi connectivity index (χ1n) is 14.7. The number of piperazine rings is 1. The number of aliphatic hydroxyl groups is 1. The standard InChI is InChI=1S/C29H43N5O6S/c1-20(2)34-26-7-5-4-6-22(26)14-27(28(34)36)40-29(37)30-23-15-24-8-9-25(16-23)33(24)18-21(19-35)17-31-10-12-32(13-11-31)41(3,38)39/h4-7,14,20-21,23-25,35H,8-13,15-19H2,1-3H3,(H,30,37)/t21?,23?,24-,25+. The molecule has 1 amide bonds. The fourth-order valence-corrected chi connectivity index (χ4v) is 7.74. The summed E-state index contributed by atoms with van der Waals surface area (Å²) in [7, 11) is -3.17. The van der Waals surface area contributed by atoms with Gasteiger partial charge >= 0.3 is 6.09 Å². The number of hydrogen-bond acceptors (Lipinski definition) is 8. The lowest BCUT2D eigenvalue weighted by atomic mass is 9.95. The van der Waals surface area contributed by atoms with Gasteiger partial charge in [0.1, 0.15) is 0 Å². The monoisotopic (exact) mass is 589 g/mol. The third kappa shape index (κ3) is 6.77. The number of ether oxygens (including phenoxy) is 1. The maximum absolute atomic E-state index is 13.1. The Balaban J connectivity index is 1.16. The summed E-state index contributed by atoms with van der Waals surface area (Å²) in [5, 5.41) is 14.0. The molecule has 2 N–H and O–H groups in total. The third-order valence-electron chi connectivity index (χ3n) is 8.88. The SMILES string of the molecule is CC(C)n1c(=O)c(OC(=O)NC2C[C@H]3CC[C@@H](C2)N3CC(CO)CN2CCN(S(C)(=O)=O)CC2)cc2ccccc21. The highest BCUT2D eigenvalue weighted by atomic mass is 32.2. The zero-order valence-corrected chi connectivity index (χ0v) is 25.1. The number of nitrogens with one attached hydrogen (secondary N) is 1. The molecule has 2 unspecified atom stereocenters. The third-order valence-corrected chi connectivity index (χ3v) is 10.2. The Morgan fingerprint density at radius 2 is 1.73 bits per heavy atom. The summed E-state index contributed by atoms with van der Waals surface area (Å²) in [6.45, 7) is 7.77. The van der Waals surface area contributed by atoms with Gasteiger partial charge in [-0.15, -0.1) is 0 Å². The van der Waals surface area contributed by atoms with Gasteiger partial charge in [-0.3, -0.25) is 9.69 Å². The van der Waals surface area contributed by atoms with Crippen molar-refractivity contribution in [2.45, 2.75) is 63.7 Å². The number of nitrogens with zero attached hydrogens (tertiary/aromatic N) is 4. The van der Waals surface area contributed by atoms with E-state index in [4.69, 9.17) is 4.74 Å². The van der Waals surface area contributed by atoms with Crippen LogP contribution in [0.3, 0.4) is 0 Å². The van der Waals surface area contributed by atoms with E-state index in [-0.39, 0.29) is 35.9 Å². The Kier molecular flexibility index (Phi) is 9.05. The Morgan fingerprint density at radius 1 is 1.07 bits per heavy atom. The molecule has 3 aliphatic heterocycles. The molecule has 2 aromatic rings. The van der Waals surface area contributed by atoms with Crippen LogP contribution in [0.4, 0.5) is 4.79 Å². The molecule has 0 spiro atoms. The van der Waals surface area contributed by atoms with Crippen molar-refractivity contribution < 1.29 is 23.1 Å². The fraction of sp³-hybridized carbons (Fsp3) is 0.655. The lowest BCUT2D eigenvalue weighted by molar-refractivity contribution is 0.0594. The summed E-state index contributed by atoms with van der Waals surface area (Å²) in [5.74, 6) is 0.104. The molecule has 4 heterocycles. The van der Waals surface area contributed by atoms with Gasteiger partial charge in [0.25, 0.3) is 5.56 Å². The van der Waals surface area contributed by atoms with Crippen molar-refractivity contribution in [3.8, 4) is 5.75 Å². The van der Waals surface area contributed by atoms with Crippen LogP contribution in [0.5, 0.6) is 5.75 Å². The molecule has 5 rings (SSSR count). The van der Waals surface area contributed by atoms with Gasteiger partial charge in [0.05, 0.1) is 11.8 Å². The van der Waals surface area contributed by atoms with Gasteiger partial charge in [0, 0.05) is 81.3 Å². The number of piperidine rings is 1. The average Bonchev–Trinajstić information content (AvgIpc) is 3.15. The highest BCUT2D eigenvalue weighted by Gasteiger charge is 2.42. The van der Waals surface area contributed by atoms with E-state index in [1.165, 1.54) is 10.6 Å². The molecule has 0 saturated carbocycles. The van der Waals surface area contributed by atoms with Gasteiger partial charge in [-0.1, -0.05) is 18.2 Å². The number of sulfonamides is 1. The quantitative estimate of drug-likeness (QED) is 0.454. The van der Waals surface area contributed by atoms with Crippen molar-refractivity contribution in [3.63, 3.8) is 0 Å². The first kappa shape index (κ1) is 30.0. The van der Waals surface area contributed by atoms with Gasteiger partial charge in [-0.05, 0) is 51.7 Å². The van der Waals surface area contributed by atoms with Crippen molar-refractivity contribution in [1.82, 2.24) is 24.0 Å². The van der Waals surface area contributed by atoms with Crippen LogP contribution in [0, 0.1) is 5.92 Å². The van der Waals surface area contributed by atoms with E-state index >= 15 is 0 Å². The van der Waals surface area contributed by atoms with Crippen LogP contribution in [0.15, 0.2) is 35.1 Å². The van der Waals surface area contributed by atoms with Crippen molar-refractivity contribution in [1.29, 1.82) is 0 Å². The van der Waals surface area contributed by atoms with Gasteiger partial charge in [-0.25, -0.2) is 13.2 Å². The van der Waals surface area contributed by atoms with Crippen LogP contribution in [0.2, 0.25) is 0 Å². The molecule has 2 bridgehead atoms. The molecule has 3 fully saturated rings. The minimum absolute atomic E-state index is 0.0264. The van der Waals surface area contributed by atoms with Crippen LogP contribution >= 0.6 is 0 Å². The molecule has 226 valence electrons. The summed E-state index contributed by atoms with van der Waals surface area (Å²) < 4.78 is 32.4. The first-order chi connectivity index (χ1) is 19.5. The number of aromatic nitrogens is 1. The number of amides is 1. The number of fused-ring (bicyclic) bond motifs is 3. The van der Waals surface area contributed by atoms with Crippen molar-refractivity contribution in [2.75, 3.05) is 52.1 Å². The van der Waals surface area contributed by atoms with Crippen LogP contribution < -0.4 is 15.6 Å². The average molecular weight is 590 g/mol. The highest BCUT2D eigenvalue weighted by Crippen LogP contribution is 2.36. The maximum Gasteiger partial charge on any atom is 0.413 e. The van der Waals surface area contributed by atoms with Crippen LogP contribution in [0.25, 0.3) is 10.9 Å². The second-order valence-electron chi connectivity index (χ2n) is 12.1. The van der Waals surface area contributed by atoms with E-state index in [1.54, 1.807) is 10.6 Å². The van der Waals surface area contributed by atoms with E-state index < -0.39 is 16.1 Å². The number of carbonyl (C=O) groups excluding carboxylic acids is 1. The number of carbonyl (C=O) groups is 1. The highest BCUT2D eigenvalue weighted by molar-refractivity contribution is 7.88. The largest absolute Gasteiger partial charge is 0.413 e. The summed E-state index contributed by atoms with van der Waals surface area (Å²) in [6.07, 6.45) is 4.33. The molecule has 0 aliphatic carbocycles. The number of benzene rings is 1. The summed E-state index contributed by atoms with van der Waals surface area (Å²) >= 11 is 0. The molecule has 11 nitrogen and oxygen atoms in total. The first-order valence-corrected chi connectivity index (χ1v) is 16.5. The van der Waals surface area contributed by atoms with Crippen molar-refractivity contribution in [3.05, 3.63) is 40.7 Å². The van der Waals surface area contributed by atoms with E-state index in [0.717, 1.165) is 49.7 Å². The number of aliphatic hydroxyl groups excluding tert-OH is 1. The normalized spacial score (nSPS) is 25.0. The molecule has 1 aromatic heterocycles. The number of pyridine rings is 1. The Morgan fingerprint density at radius 3 is 2.34 bits per heavy atom. The molecule has 3 saturated heterocycles. The lowest BCUT2D eigenvalue weighted by Crippen LogP contribution is -2.54. The van der Waals surface area contributed by atoms with Gasteiger partial charge in [0.15, 0.2) is 5.75 Å². The Bertz CT molecular complexity index is 1390. The summed E-state index contributed by atoms with van der Waals surface area (Å²) in [4.78, 5) is 30.8. The zero-order chi connectivity index (χ0) is 29.3. The molecule has 12 heteroatoms. The molecule has 1 aromatic carbocycles. The van der Waals surface area contributed by atoms with E-state index in [9.17, 15) is 23.1 Å². The van der Waals surface area contributed by atoms with Crippen molar-refractivity contribution >= 4 is 27.0 Å². The van der Waals surface area contributed by atoms with Gasteiger partial charge in [0.2, 0.25) is 10.0 Å². The van der Waals surface area contributed by atoms with Crippen LogP contribution in [0.1, 0.15) is 45.6 Å². The summed E-state index contributed by atoms with van der Waals surface area (Å²) in [5.41, 5.74) is 0.484. The molecular weight excluding hydrogens is 546 g/mol. The second-order valence-corrected chi connectivity index (χ2v) is 14.1. The van der Waals surface area contributed by atoms with E-state index in [1.807, 2.05) is 38.1 Å². The second kappa shape index (κ2) is 12.4. The number of rotatable bonds is 9. The Hall–Kier alpha value is -2.51. The summed E-state index contributed by atoms with van der Waals surface area (Å²) in [6, 6.07) is 9.72. The Labute approximate surface area is 242 Å². The van der Waals surface area contributed by atoms with E-state index in [0.29, 0.717) is 38.3 Å². The smallest absolute Gasteiger partial charge is 0.404 e. The minimum Gasteiger partial charge on any atom is -0.404 e. The van der Waals surface area contributed by atoms with Crippen LogP contribution in [-0.2, 0) is 10.0 Å². The molecule has 3 aliphatic rings. The molecule has 4 atom stereocenters. The topological polar surface area (TPSA) is 124 Å². The molecular formula is C29H43N5O6S. The van der Waals surface area contributed by atoms with Gasteiger partial charge in [-0.2, -0.15) is 4.31 Å². The minimum atomic E-state index is -3.17. The molecule has 41 heavy (non-hydrogen) atoms. The number of hydrogen-bond donors (Lipinski definition) is 2. The predicted molar refractivity (Wildman–Crippen MR) is 158 cm³/mol.